The van der Waals surface area contributed by atoms with E-state index < -0.39 is 0 Å². The van der Waals surface area contributed by atoms with Crippen molar-refractivity contribution in [3.8, 4) is 0 Å². The minimum absolute atomic E-state index is 0.346. The number of carbonyl (C=O) groups excluding carboxylic acids is 1. The lowest BCUT2D eigenvalue weighted by Crippen LogP contribution is -2.06. The van der Waals surface area contributed by atoms with Crippen LogP contribution >= 0.6 is 23.2 Å². The zero-order valence-electron chi connectivity index (χ0n) is 7.93. The molecule has 0 heterocycles. The number of halogens is 2. The predicted octanol–water partition coefficient (Wildman–Crippen LogP) is 3.48. The van der Waals surface area contributed by atoms with Crippen LogP contribution in [-0.2, 0) is 4.74 Å². The first-order chi connectivity index (χ1) is 6.57. The Morgan fingerprint density at radius 3 is 2.64 bits per heavy atom. The molecule has 0 aliphatic heterocycles. The normalized spacial score (nSPS) is 10.0. The van der Waals surface area contributed by atoms with Gasteiger partial charge in [0.1, 0.15) is 0 Å². The van der Waals surface area contributed by atoms with E-state index in [1.165, 1.54) is 0 Å². The van der Waals surface area contributed by atoms with Crippen molar-refractivity contribution < 1.29 is 9.53 Å². The van der Waals surface area contributed by atoms with Crippen molar-refractivity contribution in [2.24, 2.45) is 0 Å². The van der Waals surface area contributed by atoms with Gasteiger partial charge in [-0.25, -0.2) is 4.79 Å². The van der Waals surface area contributed by atoms with Gasteiger partial charge in [0.15, 0.2) is 0 Å². The fraction of sp³-hybridized carbons (Fsp3) is 0.300. The van der Waals surface area contributed by atoms with Gasteiger partial charge in [-0.3, -0.25) is 0 Å². The molecule has 1 aromatic carbocycles. The van der Waals surface area contributed by atoms with Gasteiger partial charge in [0.2, 0.25) is 0 Å². The van der Waals surface area contributed by atoms with Gasteiger partial charge in [-0.1, -0.05) is 23.2 Å². The summed E-state index contributed by atoms with van der Waals surface area (Å²) in [7, 11) is 0. The van der Waals surface area contributed by atoms with E-state index in [0.29, 0.717) is 27.8 Å². The van der Waals surface area contributed by atoms with E-state index in [-0.39, 0.29) is 5.97 Å². The number of benzene rings is 1. The van der Waals surface area contributed by atoms with Crippen molar-refractivity contribution in [2.45, 2.75) is 13.8 Å². The fourth-order valence-electron chi connectivity index (χ4n) is 1.08. The summed E-state index contributed by atoms with van der Waals surface area (Å²) in [5.74, 6) is -0.372. The molecule has 1 rings (SSSR count). The Bertz CT molecular complexity index is 361. The minimum atomic E-state index is -0.372. The highest BCUT2D eigenvalue weighted by Gasteiger charge is 2.13. The van der Waals surface area contributed by atoms with Crippen molar-refractivity contribution in [2.75, 3.05) is 6.61 Å². The molecule has 0 saturated heterocycles. The number of carbonyl (C=O) groups is 1. The number of rotatable bonds is 2. The largest absolute Gasteiger partial charge is 0.462 e. The molecule has 76 valence electrons. The first-order valence-corrected chi connectivity index (χ1v) is 4.95. The second-order valence-electron chi connectivity index (χ2n) is 2.75. The van der Waals surface area contributed by atoms with E-state index >= 15 is 0 Å². The van der Waals surface area contributed by atoms with Gasteiger partial charge in [-0.05, 0) is 31.5 Å². The lowest BCUT2D eigenvalue weighted by molar-refractivity contribution is 0.0525. The maximum absolute atomic E-state index is 11.4. The number of hydrogen-bond donors (Lipinski definition) is 0. The third-order valence-corrected chi connectivity index (χ3v) is 2.73. The molecule has 0 N–H and O–H groups in total. The molecule has 0 unspecified atom stereocenters. The molecule has 4 heteroatoms. The molecule has 0 spiro atoms. The highest BCUT2D eigenvalue weighted by Crippen LogP contribution is 2.28. The summed E-state index contributed by atoms with van der Waals surface area (Å²) in [6.07, 6.45) is 0. The van der Waals surface area contributed by atoms with Gasteiger partial charge in [0.05, 0.1) is 22.2 Å². The Morgan fingerprint density at radius 1 is 1.43 bits per heavy atom. The summed E-state index contributed by atoms with van der Waals surface area (Å²) in [6.45, 7) is 3.84. The fourth-order valence-corrected chi connectivity index (χ4v) is 1.45. The van der Waals surface area contributed by atoms with Crippen molar-refractivity contribution in [1.29, 1.82) is 0 Å². The molecule has 0 saturated carbocycles. The van der Waals surface area contributed by atoms with E-state index in [1.807, 2.05) is 0 Å². The van der Waals surface area contributed by atoms with Gasteiger partial charge in [-0.15, -0.1) is 0 Å². The molecule has 0 atom stereocenters. The van der Waals surface area contributed by atoms with Crippen LogP contribution in [0.15, 0.2) is 12.1 Å². The van der Waals surface area contributed by atoms with Crippen LogP contribution in [0.25, 0.3) is 0 Å². The quantitative estimate of drug-likeness (QED) is 0.731. The van der Waals surface area contributed by atoms with Crippen molar-refractivity contribution in [3.05, 3.63) is 33.3 Å². The van der Waals surface area contributed by atoms with Gasteiger partial charge in [0.25, 0.3) is 0 Å². The molecule has 1 aromatic rings. The van der Waals surface area contributed by atoms with Crippen LogP contribution in [0.3, 0.4) is 0 Å². The number of esters is 1. The SMILES string of the molecule is CCOC(=O)c1ccc(Cl)c(Cl)c1C. The van der Waals surface area contributed by atoms with E-state index in [4.69, 9.17) is 27.9 Å². The molecule has 14 heavy (non-hydrogen) atoms. The lowest BCUT2D eigenvalue weighted by Gasteiger charge is -2.07. The van der Waals surface area contributed by atoms with Gasteiger partial charge in [-0.2, -0.15) is 0 Å². The minimum Gasteiger partial charge on any atom is -0.462 e. The summed E-state index contributed by atoms with van der Waals surface area (Å²) >= 11 is 11.7. The zero-order valence-corrected chi connectivity index (χ0v) is 9.45. The van der Waals surface area contributed by atoms with E-state index in [2.05, 4.69) is 0 Å². The Kier molecular flexibility index (Phi) is 3.78. The van der Waals surface area contributed by atoms with Crippen LogP contribution in [-0.4, -0.2) is 12.6 Å². The maximum Gasteiger partial charge on any atom is 0.338 e. The average Bonchev–Trinajstić information content (AvgIpc) is 2.15. The van der Waals surface area contributed by atoms with Gasteiger partial charge >= 0.3 is 5.97 Å². The molecule has 0 aromatic heterocycles. The van der Waals surface area contributed by atoms with Crippen LogP contribution in [0, 0.1) is 6.92 Å². The molecule has 2 nitrogen and oxygen atoms in total. The van der Waals surface area contributed by atoms with E-state index in [9.17, 15) is 4.79 Å². The third kappa shape index (κ3) is 2.20. The average molecular weight is 233 g/mol. The Labute approximate surface area is 92.8 Å². The van der Waals surface area contributed by atoms with Crippen molar-refractivity contribution in [1.82, 2.24) is 0 Å². The Morgan fingerprint density at radius 2 is 2.07 bits per heavy atom. The standard InChI is InChI=1S/C10H10Cl2O2/c1-3-14-10(13)7-4-5-8(11)9(12)6(7)2/h4-5H,3H2,1-2H3. The Balaban J connectivity index is 3.11. The lowest BCUT2D eigenvalue weighted by atomic mass is 10.1. The molecule has 0 aliphatic carbocycles. The molecule has 0 radical (unpaired) electrons. The van der Waals surface area contributed by atoms with Crippen LogP contribution in [0.4, 0.5) is 0 Å². The highest BCUT2D eigenvalue weighted by molar-refractivity contribution is 6.42. The highest BCUT2D eigenvalue weighted by atomic mass is 35.5. The van der Waals surface area contributed by atoms with E-state index in [1.54, 1.807) is 26.0 Å². The first-order valence-electron chi connectivity index (χ1n) is 4.19. The maximum atomic E-state index is 11.4. The van der Waals surface area contributed by atoms with Gasteiger partial charge < -0.3 is 4.74 Å². The summed E-state index contributed by atoms with van der Waals surface area (Å²) in [5, 5.41) is 0.842. The first kappa shape index (κ1) is 11.3. The van der Waals surface area contributed by atoms with Crippen LogP contribution in [0.1, 0.15) is 22.8 Å². The molecular formula is C10H10Cl2O2. The second kappa shape index (κ2) is 4.67. The second-order valence-corrected chi connectivity index (χ2v) is 3.54. The molecule has 0 fully saturated rings. The van der Waals surface area contributed by atoms with E-state index in [0.717, 1.165) is 0 Å². The number of ether oxygens (including phenoxy) is 1. The van der Waals surface area contributed by atoms with Crippen LogP contribution in [0.5, 0.6) is 0 Å². The van der Waals surface area contributed by atoms with Crippen LogP contribution in [0.2, 0.25) is 10.0 Å². The predicted molar refractivity (Wildman–Crippen MR) is 57.2 cm³/mol. The molecule has 0 amide bonds. The summed E-state index contributed by atoms with van der Waals surface area (Å²) in [5.41, 5.74) is 1.11. The Hall–Kier alpha value is -0.730. The van der Waals surface area contributed by atoms with Crippen LogP contribution < -0.4 is 0 Å². The molecule has 0 aliphatic rings. The smallest absolute Gasteiger partial charge is 0.338 e. The monoisotopic (exact) mass is 232 g/mol. The zero-order chi connectivity index (χ0) is 10.7. The summed E-state index contributed by atoms with van der Waals surface area (Å²) in [6, 6.07) is 3.20. The molecule has 0 bridgehead atoms. The third-order valence-electron chi connectivity index (χ3n) is 1.83. The van der Waals surface area contributed by atoms with Gasteiger partial charge in [0, 0.05) is 0 Å². The topological polar surface area (TPSA) is 26.3 Å². The molecular weight excluding hydrogens is 223 g/mol. The summed E-state index contributed by atoms with van der Waals surface area (Å²) in [4.78, 5) is 11.4. The van der Waals surface area contributed by atoms with Crippen molar-refractivity contribution >= 4 is 29.2 Å². The number of hydrogen-bond acceptors (Lipinski definition) is 2. The summed E-state index contributed by atoms with van der Waals surface area (Å²) < 4.78 is 4.86. The van der Waals surface area contributed by atoms with Crippen molar-refractivity contribution in [3.63, 3.8) is 0 Å².